The van der Waals surface area contributed by atoms with E-state index >= 15 is 0 Å². The van der Waals surface area contributed by atoms with E-state index in [0.29, 0.717) is 13.2 Å². The molecule has 21 heavy (non-hydrogen) atoms. The monoisotopic (exact) mass is 280 g/mol. The van der Waals surface area contributed by atoms with Gasteiger partial charge in [0.25, 0.3) is 0 Å². The zero-order chi connectivity index (χ0) is 14.4. The average Bonchev–Trinajstić information content (AvgIpc) is 2.46. The first-order valence-electron chi connectivity index (χ1n) is 7.67. The number of ether oxygens (including phenoxy) is 2. The summed E-state index contributed by atoms with van der Waals surface area (Å²) < 4.78 is 11.7. The fraction of sp³-hybridized carbons (Fsp3) is 0.368. The van der Waals surface area contributed by atoms with E-state index < -0.39 is 0 Å². The molecule has 0 fully saturated rings. The van der Waals surface area contributed by atoms with Crippen LogP contribution in [0.2, 0.25) is 0 Å². The first kappa shape index (κ1) is 12.8. The molecule has 7 rings (SSSR count). The maximum absolute atomic E-state index is 5.92. The van der Waals surface area contributed by atoms with Gasteiger partial charge in [0.05, 0.1) is 0 Å². The van der Waals surface area contributed by atoms with Crippen molar-refractivity contribution in [1.82, 2.24) is 0 Å². The molecule has 4 aliphatic heterocycles. The maximum atomic E-state index is 5.92. The predicted octanol–water partition coefficient (Wildman–Crippen LogP) is 3.88. The van der Waals surface area contributed by atoms with Gasteiger partial charge in [-0.3, -0.25) is 0 Å². The first-order chi connectivity index (χ1) is 10.2. The van der Waals surface area contributed by atoms with Crippen molar-refractivity contribution in [3.8, 4) is 11.5 Å². The third-order valence-electron chi connectivity index (χ3n) is 4.87. The third-order valence-corrected chi connectivity index (χ3v) is 4.87. The van der Waals surface area contributed by atoms with E-state index in [4.69, 9.17) is 9.47 Å². The Hall–Kier alpha value is -1.96. The zero-order valence-electron chi connectivity index (χ0n) is 12.6. The van der Waals surface area contributed by atoms with Gasteiger partial charge in [0, 0.05) is 5.41 Å². The lowest BCUT2D eigenvalue weighted by Gasteiger charge is -2.34. The van der Waals surface area contributed by atoms with Crippen LogP contribution in [-0.4, -0.2) is 13.2 Å². The quantitative estimate of drug-likeness (QED) is 0.729. The lowest BCUT2D eigenvalue weighted by Crippen LogP contribution is -2.25. The van der Waals surface area contributed by atoms with Crippen molar-refractivity contribution >= 4 is 0 Å². The Morgan fingerprint density at radius 1 is 0.810 bits per heavy atom. The van der Waals surface area contributed by atoms with Crippen LogP contribution in [0.4, 0.5) is 0 Å². The summed E-state index contributed by atoms with van der Waals surface area (Å²) in [5.74, 6) is 1.96. The molecule has 0 amide bonds. The molecule has 0 unspecified atom stereocenters. The average molecular weight is 280 g/mol. The van der Waals surface area contributed by atoms with Crippen molar-refractivity contribution in [3.63, 3.8) is 0 Å². The summed E-state index contributed by atoms with van der Waals surface area (Å²) in [4.78, 5) is 0. The molecule has 0 spiro atoms. The van der Waals surface area contributed by atoms with E-state index in [-0.39, 0.29) is 5.41 Å². The third kappa shape index (κ3) is 1.93. The molecule has 0 atom stereocenters. The van der Waals surface area contributed by atoms with E-state index in [0.717, 1.165) is 17.9 Å². The molecule has 0 N–H and O–H groups in total. The number of benzene rings is 2. The highest BCUT2D eigenvalue weighted by molar-refractivity contribution is 5.55. The Labute approximate surface area is 125 Å². The van der Waals surface area contributed by atoms with Crippen LogP contribution >= 0.6 is 0 Å². The second-order valence-electron chi connectivity index (χ2n) is 6.41. The minimum Gasteiger partial charge on any atom is -0.490 e. The van der Waals surface area contributed by atoms with Crippen LogP contribution in [0.25, 0.3) is 0 Å². The van der Waals surface area contributed by atoms with Gasteiger partial charge in [-0.2, -0.15) is 0 Å². The predicted molar refractivity (Wildman–Crippen MR) is 83.4 cm³/mol. The van der Waals surface area contributed by atoms with Gasteiger partial charge in [-0.25, -0.2) is 0 Å². The Balaban J connectivity index is 1.91. The fourth-order valence-electron chi connectivity index (χ4n) is 3.46. The van der Waals surface area contributed by atoms with E-state index in [9.17, 15) is 0 Å². The SMILES string of the molecule is CC1(C)c2ccc(cc2)OCCOc2ccc1c1c2CC1. The second-order valence-corrected chi connectivity index (χ2v) is 6.41. The maximum Gasteiger partial charge on any atom is 0.122 e. The highest BCUT2D eigenvalue weighted by atomic mass is 16.5. The van der Waals surface area contributed by atoms with E-state index in [2.05, 4.69) is 50.2 Å². The number of hydrogen-bond acceptors (Lipinski definition) is 2. The van der Waals surface area contributed by atoms with Crippen molar-refractivity contribution in [2.24, 2.45) is 0 Å². The normalized spacial score (nSPS) is 18.4. The van der Waals surface area contributed by atoms with Gasteiger partial charge >= 0.3 is 0 Å². The van der Waals surface area contributed by atoms with Gasteiger partial charge in [-0.15, -0.1) is 0 Å². The largest absolute Gasteiger partial charge is 0.490 e. The molecule has 2 nitrogen and oxygen atoms in total. The van der Waals surface area contributed by atoms with Crippen molar-refractivity contribution in [3.05, 3.63) is 58.7 Å². The minimum absolute atomic E-state index is 0.00954. The van der Waals surface area contributed by atoms with Gasteiger partial charge < -0.3 is 9.47 Å². The summed E-state index contributed by atoms with van der Waals surface area (Å²) in [7, 11) is 0. The first-order valence-corrected chi connectivity index (χ1v) is 7.67. The highest BCUT2D eigenvalue weighted by Gasteiger charge is 2.31. The van der Waals surface area contributed by atoms with E-state index in [1.807, 2.05) is 0 Å². The van der Waals surface area contributed by atoms with E-state index in [1.54, 1.807) is 0 Å². The molecule has 2 heteroatoms. The van der Waals surface area contributed by atoms with Gasteiger partial charge in [0.15, 0.2) is 0 Å². The van der Waals surface area contributed by atoms with Crippen LogP contribution in [0.15, 0.2) is 36.4 Å². The minimum atomic E-state index is 0.00954. The molecular formula is C19H20O2. The molecule has 0 aromatic heterocycles. The van der Waals surface area contributed by atoms with Crippen molar-refractivity contribution < 1.29 is 9.47 Å². The van der Waals surface area contributed by atoms with Crippen LogP contribution in [0.1, 0.15) is 36.1 Å². The summed E-state index contributed by atoms with van der Waals surface area (Å²) in [5, 5.41) is 0. The Morgan fingerprint density at radius 3 is 2.24 bits per heavy atom. The number of hydrogen-bond donors (Lipinski definition) is 0. The summed E-state index contributed by atoms with van der Waals surface area (Å²) >= 11 is 0. The topological polar surface area (TPSA) is 18.5 Å². The van der Waals surface area contributed by atoms with Crippen molar-refractivity contribution in [1.29, 1.82) is 0 Å². The van der Waals surface area contributed by atoms with Crippen molar-refractivity contribution in [2.45, 2.75) is 32.1 Å². The van der Waals surface area contributed by atoms with Gasteiger partial charge in [0.2, 0.25) is 0 Å². The molecule has 108 valence electrons. The molecule has 4 heterocycles. The van der Waals surface area contributed by atoms with Crippen LogP contribution in [0.3, 0.4) is 0 Å². The summed E-state index contributed by atoms with van der Waals surface area (Å²) in [6.45, 7) is 5.78. The van der Waals surface area contributed by atoms with Crippen LogP contribution in [0, 0.1) is 0 Å². The Kier molecular flexibility index (Phi) is 2.75. The van der Waals surface area contributed by atoms with Gasteiger partial charge in [-0.05, 0) is 53.3 Å². The molecule has 2 aromatic carbocycles. The summed E-state index contributed by atoms with van der Waals surface area (Å²) in [6, 6.07) is 12.9. The van der Waals surface area contributed by atoms with Crippen molar-refractivity contribution in [2.75, 3.05) is 13.2 Å². The molecule has 0 saturated heterocycles. The molecular weight excluding hydrogens is 260 g/mol. The zero-order valence-corrected chi connectivity index (χ0v) is 12.6. The lowest BCUT2D eigenvalue weighted by molar-refractivity contribution is 0.215. The molecule has 1 aliphatic carbocycles. The Morgan fingerprint density at radius 2 is 1.52 bits per heavy atom. The molecule has 0 radical (unpaired) electrons. The van der Waals surface area contributed by atoms with Gasteiger partial charge in [0.1, 0.15) is 24.7 Å². The smallest absolute Gasteiger partial charge is 0.122 e. The molecule has 4 bridgehead atoms. The summed E-state index contributed by atoms with van der Waals surface area (Å²) in [6.07, 6.45) is 2.30. The van der Waals surface area contributed by atoms with Crippen LogP contribution in [-0.2, 0) is 18.3 Å². The second kappa shape index (κ2) is 4.52. The highest BCUT2D eigenvalue weighted by Crippen LogP contribution is 2.42. The molecule has 2 aromatic rings. The van der Waals surface area contributed by atoms with Crippen LogP contribution < -0.4 is 9.47 Å². The van der Waals surface area contributed by atoms with Crippen LogP contribution in [0.5, 0.6) is 11.5 Å². The standard InChI is InChI=1S/C19H20O2/c1-19(2)13-3-5-14(6-4-13)20-11-12-21-18-10-9-17(19)15-7-8-16(15)18/h3-6,9-10H,7-8,11-12H2,1-2H3. The molecule has 5 aliphatic rings. The number of rotatable bonds is 0. The fourth-order valence-corrected chi connectivity index (χ4v) is 3.46. The van der Waals surface area contributed by atoms with Gasteiger partial charge in [-0.1, -0.05) is 32.0 Å². The van der Waals surface area contributed by atoms with E-state index in [1.165, 1.54) is 28.7 Å². The molecule has 0 saturated carbocycles. The summed E-state index contributed by atoms with van der Waals surface area (Å²) in [5.41, 5.74) is 5.66. The lowest BCUT2D eigenvalue weighted by atomic mass is 9.71. The Bertz CT molecular complexity index is 683.